The van der Waals surface area contributed by atoms with Crippen LogP contribution in [0, 0.1) is 0 Å². The normalized spacial score (nSPS) is 11.4. The SMILES string of the molecule is CN=C(NCCCc1cnn(C)c1)NCc1ccccn1. The van der Waals surface area contributed by atoms with E-state index in [0.717, 1.165) is 31.0 Å². The standard InChI is InChI=1S/C15H22N6/c1-16-15(19-11-14-7-3-4-8-17-14)18-9-5-6-13-10-20-21(2)12-13/h3-4,7-8,10,12H,5-6,9,11H2,1-2H3,(H2,16,18,19). The number of guanidine groups is 1. The molecule has 0 aliphatic heterocycles. The number of aryl methyl sites for hydroxylation is 2. The summed E-state index contributed by atoms with van der Waals surface area (Å²) in [4.78, 5) is 8.47. The average Bonchev–Trinajstić information content (AvgIpc) is 2.93. The first-order chi connectivity index (χ1) is 10.3. The van der Waals surface area contributed by atoms with Crippen LogP contribution in [-0.2, 0) is 20.0 Å². The minimum Gasteiger partial charge on any atom is -0.356 e. The molecule has 2 aromatic heterocycles. The van der Waals surface area contributed by atoms with Gasteiger partial charge in [0, 0.05) is 33.0 Å². The summed E-state index contributed by atoms with van der Waals surface area (Å²) in [5, 5.41) is 10.7. The smallest absolute Gasteiger partial charge is 0.191 e. The van der Waals surface area contributed by atoms with Crippen LogP contribution in [0.15, 0.2) is 41.8 Å². The van der Waals surface area contributed by atoms with Gasteiger partial charge in [-0.1, -0.05) is 6.07 Å². The lowest BCUT2D eigenvalue weighted by Gasteiger charge is -2.11. The van der Waals surface area contributed by atoms with Crippen LogP contribution >= 0.6 is 0 Å². The second-order valence-electron chi connectivity index (χ2n) is 4.80. The third kappa shape index (κ3) is 5.25. The summed E-state index contributed by atoms with van der Waals surface area (Å²) < 4.78 is 1.83. The van der Waals surface area contributed by atoms with E-state index in [2.05, 4.69) is 25.7 Å². The molecule has 0 saturated heterocycles. The highest BCUT2D eigenvalue weighted by atomic mass is 15.2. The Labute approximate surface area is 125 Å². The molecule has 6 heteroatoms. The summed E-state index contributed by atoms with van der Waals surface area (Å²) in [6, 6.07) is 5.88. The minimum absolute atomic E-state index is 0.670. The van der Waals surface area contributed by atoms with Crippen molar-refractivity contribution in [3.8, 4) is 0 Å². The molecule has 2 rings (SSSR count). The minimum atomic E-state index is 0.670. The predicted molar refractivity (Wildman–Crippen MR) is 84.0 cm³/mol. The largest absolute Gasteiger partial charge is 0.356 e. The van der Waals surface area contributed by atoms with Crippen LogP contribution in [0.5, 0.6) is 0 Å². The molecular formula is C15H22N6. The lowest BCUT2D eigenvalue weighted by atomic mass is 10.2. The highest BCUT2D eigenvalue weighted by molar-refractivity contribution is 5.79. The third-order valence-corrected chi connectivity index (χ3v) is 3.08. The van der Waals surface area contributed by atoms with Crippen LogP contribution in [0.25, 0.3) is 0 Å². The molecule has 0 amide bonds. The van der Waals surface area contributed by atoms with Gasteiger partial charge >= 0.3 is 0 Å². The fourth-order valence-electron chi connectivity index (χ4n) is 2.00. The summed E-state index contributed by atoms with van der Waals surface area (Å²) in [5.74, 6) is 0.798. The van der Waals surface area contributed by atoms with Crippen LogP contribution in [0.4, 0.5) is 0 Å². The van der Waals surface area contributed by atoms with Crippen molar-refractivity contribution in [1.29, 1.82) is 0 Å². The zero-order chi connectivity index (χ0) is 14.9. The van der Waals surface area contributed by atoms with E-state index in [1.165, 1.54) is 5.56 Å². The van der Waals surface area contributed by atoms with E-state index >= 15 is 0 Å². The summed E-state index contributed by atoms with van der Waals surface area (Å²) in [6.45, 7) is 1.54. The fraction of sp³-hybridized carbons (Fsp3) is 0.400. The molecule has 0 spiro atoms. The summed E-state index contributed by atoms with van der Waals surface area (Å²) in [6.07, 6.45) is 7.80. The van der Waals surface area contributed by atoms with Crippen LogP contribution in [0.1, 0.15) is 17.7 Å². The van der Waals surface area contributed by atoms with Crippen molar-refractivity contribution >= 4 is 5.96 Å². The molecule has 0 aliphatic rings. The molecule has 0 radical (unpaired) electrons. The molecule has 0 bridgehead atoms. The molecule has 2 aromatic rings. The quantitative estimate of drug-likeness (QED) is 0.474. The Hall–Kier alpha value is -2.37. The second-order valence-corrected chi connectivity index (χ2v) is 4.80. The van der Waals surface area contributed by atoms with Crippen LogP contribution in [-0.4, -0.2) is 34.3 Å². The highest BCUT2D eigenvalue weighted by Crippen LogP contribution is 1.99. The number of rotatable bonds is 6. The zero-order valence-corrected chi connectivity index (χ0v) is 12.6. The van der Waals surface area contributed by atoms with Gasteiger partial charge in [0.1, 0.15) is 0 Å². The van der Waals surface area contributed by atoms with E-state index in [9.17, 15) is 0 Å². The lowest BCUT2D eigenvalue weighted by molar-refractivity contribution is 0.735. The Bertz CT molecular complexity index is 561. The van der Waals surface area contributed by atoms with E-state index in [1.807, 2.05) is 42.3 Å². The topological polar surface area (TPSA) is 67.1 Å². The van der Waals surface area contributed by atoms with Crippen molar-refractivity contribution < 1.29 is 0 Å². The van der Waals surface area contributed by atoms with Gasteiger partial charge in [-0.15, -0.1) is 0 Å². The summed E-state index contributed by atoms with van der Waals surface area (Å²) in [7, 11) is 3.71. The first-order valence-corrected chi connectivity index (χ1v) is 7.10. The highest BCUT2D eigenvalue weighted by Gasteiger charge is 2.00. The summed E-state index contributed by atoms with van der Waals surface area (Å²) in [5.41, 5.74) is 2.26. The van der Waals surface area contributed by atoms with Gasteiger partial charge in [0.05, 0.1) is 18.4 Å². The van der Waals surface area contributed by atoms with Crippen molar-refractivity contribution in [2.45, 2.75) is 19.4 Å². The molecule has 21 heavy (non-hydrogen) atoms. The first-order valence-electron chi connectivity index (χ1n) is 7.10. The molecule has 6 nitrogen and oxygen atoms in total. The number of aromatic nitrogens is 3. The molecule has 2 heterocycles. The van der Waals surface area contributed by atoms with Crippen LogP contribution < -0.4 is 10.6 Å². The Morgan fingerprint density at radius 1 is 1.33 bits per heavy atom. The molecular weight excluding hydrogens is 264 g/mol. The van der Waals surface area contributed by atoms with Gasteiger partial charge in [-0.05, 0) is 30.5 Å². The van der Waals surface area contributed by atoms with Gasteiger partial charge in [0.15, 0.2) is 5.96 Å². The Balaban J connectivity index is 1.66. The maximum absolute atomic E-state index is 4.27. The number of aliphatic imine (C=N–C) groups is 1. The number of nitrogens with zero attached hydrogens (tertiary/aromatic N) is 4. The zero-order valence-electron chi connectivity index (χ0n) is 12.6. The van der Waals surface area contributed by atoms with E-state index in [1.54, 1.807) is 13.2 Å². The first kappa shape index (κ1) is 15.0. The van der Waals surface area contributed by atoms with Crippen molar-refractivity contribution in [2.75, 3.05) is 13.6 Å². The molecule has 0 saturated carbocycles. The number of hydrogen-bond donors (Lipinski definition) is 2. The molecule has 2 N–H and O–H groups in total. The maximum Gasteiger partial charge on any atom is 0.191 e. The van der Waals surface area contributed by atoms with E-state index in [-0.39, 0.29) is 0 Å². The van der Waals surface area contributed by atoms with Crippen molar-refractivity contribution in [1.82, 2.24) is 25.4 Å². The van der Waals surface area contributed by atoms with E-state index in [0.29, 0.717) is 6.54 Å². The monoisotopic (exact) mass is 286 g/mol. The second kappa shape index (κ2) is 8.04. The van der Waals surface area contributed by atoms with Crippen LogP contribution in [0.2, 0.25) is 0 Å². The molecule has 0 atom stereocenters. The molecule has 0 aromatic carbocycles. The Morgan fingerprint density at radius 3 is 2.90 bits per heavy atom. The predicted octanol–water partition coefficient (Wildman–Crippen LogP) is 1.11. The van der Waals surface area contributed by atoms with Crippen molar-refractivity contribution in [3.63, 3.8) is 0 Å². The van der Waals surface area contributed by atoms with Crippen molar-refractivity contribution in [2.24, 2.45) is 12.0 Å². The Morgan fingerprint density at radius 2 is 2.24 bits per heavy atom. The van der Waals surface area contributed by atoms with Gasteiger partial charge in [0.25, 0.3) is 0 Å². The average molecular weight is 286 g/mol. The lowest BCUT2D eigenvalue weighted by Crippen LogP contribution is -2.37. The molecule has 0 aliphatic carbocycles. The Kier molecular flexibility index (Phi) is 5.75. The van der Waals surface area contributed by atoms with Gasteiger partial charge < -0.3 is 10.6 Å². The number of nitrogens with one attached hydrogen (secondary N) is 2. The maximum atomic E-state index is 4.27. The van der Waals surface area contributed by atoms with E-state index in [4.69, 9.17) is 0 Å². The van der Waals surface area contributed by atoms with Gasteiger partial charge in [-0.25, -0.2) is 0 Å². The van der Waals surface area contributed by atoms with Gasteiger partial charge in [0.2, 0.25) is 0 Å². The molecule has 112 valence electrons. The van der Waals surface area contributed by atoms with E-state index < -0.39 is 0 Å². The number of pyridine rings is 1. The third-order valence-electron chi connectivity index (χ3n) is 3.08. The number of hydrogen-bond acceptors (Lipinski definition) is 3. The molecule has 0 unspecified atom stereocenters. The molecule has 0 fully saturated rings. The summed E-state index contributed by atoms with van der Waals surface area (Å²) >= 11 is 0. The fourth-order valence-corrected chi connectivity index (χ4v) is 2.00. The van der Waals surface area contributed by atoms with Crippen molar-refractivity contribution in [3.05, 3.63) is 48.0 Å². The van der Waals surface area contributed by atoms with Gasteiger partial charge in [-0.2, -0.15) is 5.10 Å². The van der Waals surface area contributed by atoms with Gasteiger partial charge in [-0.3, -0.25) is 14.7 Å². The van der Waals surface area contributed by atoms with Crippen LogP contribution in [0.3, 0.4) is 0 Å².